The normalized spacial score (nSPS) is 15.1. The number of unbranched alkanes of at least 4 members (excludes halogenated alkanes) is 35. The standard InChI is InChI=1S/C59H102O3S/c1-4-7-10-12-14-16-18-20-22-24-26-28-30-32-34-36-38-40-51-61-57-44-42-43-56(54-57)58(60)46-45-55-47-49-59(50-48-55,63-53-9-6-3)62-52-41-39-37-35-33-31-29-27-25-23-21-19-17-15-13-11-8-5-2/h42-49,54H,4-41,50-53H2,1-3H3. The van der Waals surface area contributed by atoms with Crippen LogP contribution in [0.5, 0.6) is 5.75 Å². The third-order valence-corrected chi connectivity index (χ3v) is 14.6. The van der Waals surface area contributed by atoms with Crippen LogP contribution in [-0.4, -0.2) is 29.7 Å². The van der Waals surface area contributed by atoms with E-state index in [1.165, 1.54) is 231 Å². The molecular weight excluding hydrogens is 789 g/mol. The van der Waals surface area contributed by atoms with Crippen LogP contribution in [0.25, 0.3) is 0 Å². The smallest absolute Gasteiger partial charge is 0.185 e. The van der Waals surface area contributed by atoms with Crippen molar-refractivity contribution in [2.45, 2.75) is 276 Å². The van der Waals surface area contributed by atoms with E-state index >= 15 is 0 Å². The summed E-state index contributed by atoms with van der Waals surface area (Å²) in [7, 11) is 0. The molecule has 0 fully saturated rings. The van der Waals surface area contributed by atoms with Gasteiger partial charge in [0.25, 0.3) is 0 Å². The Labute approximate surface area is 396 Å². The van der Waals surface area contributed by atoms with Crippen molar-refractivity contribution in [3.05, 3.63) is 65.8 Å². The lowest BCUT2D eigenvalue weighted by molar-refractivity contribution is 0.0578. The molecule has 1 atom stereocenters. The molecule has 0 N–H and O–H groups in total. The SMILES string of the molecule is CCCCCCCCCCCCCCCCCCCCOc1cccc(C(=O)C=CC2=CCC(OCCCCCCCCCCCCCCCCCCCC)(SCCCC)C=C2)c1. The number of ketones is 1. The van der Waals surface area contributed by atoms with E-state index in [1.54, 1.807) is 6.08 Å². The van der Waals surface area contributed by atoms with Crippen LogP contribution in [-0.2, 0) is 4.74 Å². The Morgan fingerprint density at radius 1 is 0.540 bits per heavy atom. The molecule has 0 radical (unpaired) electrons. The fourth-order valence-corrected chi connectivity index (χ4v) is 10.1. The number of benzene rings is 1. The van der Waals surface area contributed by atoms with Crippen molar-refractivity contribution in [1.29, 1.82) is 0 Å². The van der Waals surface area contributed by atoms with Crippen LogP contribution in [0.2, 0.25) is 0 Å². The molecule has 0 heterocycles. The third-order valence-electron chi connectivity index (χ3n) is 13.2. The number of rotatable bonds is 47. The molecule has 0 spiro atoms. The number of allylic oxidation sites excluding steroid dienone is 4. The summed E-state index contributed by atoms with van der Waals surface area (Å²) in [6.07, 6.45) is 63.5. The molecule has 0 aliphatic heterocycles. The lowest BCUT2D eigenvalue weighted by Crippen LogP contribution is -2.28. The molecule has 63 heavy (non-hydrogen) atoms. The average Bonchev–Trinajstić information content (AvgIpc) is 3.30. The summed E-state index contributed by atoms with van der Waals surface area (Å²) in [5, 5.41) is 0. The highest BCUT2D eigenvalue weighted by Gasteiger charge is 2.29. The molecule has 1 aliphatic rings. The van der Waals surface area contributed by atoms with E-state index in [1.807, 2.05) is 42.1 Å². The maximum atomic E-state index is 13.2. The van der Waals surface area contributed by atoms with Gasteiger partial charge in [-0.05, 0) is 54.9 Å². The summed E-state index contributed by atoms with van der Waals surface area (Å²) in [6.45, 7) is 8.38. The summed E-state index contributed by atoms with van der Waals surface area (Å²) in [5.41, 5.74) is 1.76. The van der Waals surface area contributed by atoms with Crippen LogP contribution in [0.3, 0.4) is 0 Å². The molecule has 0 saturated carbocycles. The molecule has 1 aromatic carbocycles. The summed E-state index contributed by atoms with van der Waals surface area (Å²) >= 11 is 1.95. The van der Waals surface area contributed by atoms with Crippen molar-refractivity contribution < 1.29 is 14.3 Å². The Morgan fingerprint density at radius 3 is 1.37 bits per heavy atom. The Kier molecular flexibility index (Phi) is 39.0. The molecule has 2 rings (SSSR count). The maximum absolute atomic E-state index is 13.2. The minimum atomic E-state index is -0.289. The first kappa shape index (κ1) is 57.3. The van der Waals surface area contributed by atoms with E-state index < -0.39 is 0 Å². The zero-order chi connectivity index (χ0) is 45.0. The van der Waals surface area contributed by atoms with Crippen LogP contribution >= 0.6 is 11.8 Å². The van der Waals surface area contributed by atoms with Gasteiger partial charge in [-0.25, -0.2) is 0 Å². The van der Waals surface area contributed by atoms with E-state index in [4.69, 9.17) is 9.47 Å². The van der Waals surface area contributed by atoms with Gasteiger partial charge in [0.05, 0.1) is 6.61 Å². The van der Waals surface area contributed by atoms with Gasteiger partial charge in [0.1, 0.15) is 10.7 Å². The highest BCUT2D eigenvalue weighted by atomic mass is 32.2. The largest absolute Gasteiger partial charge is 0.494 e. The van der Waals surface area contributed by atoms with Gasteiger partial charge >= 0.3 is 0 Å². The quantitative estimate of drug-likeness (QED) is 0.0283. The topological polar surface area (TPSA) is 35.5 Å². The number of carbonyl (C=O) groups is 1. The molecule has 1 unspecified atom stereocenters. The first-order chi connectivity index (χ1) is 31.1. The maximum Gasteiger partial charge on any atom is 0.185 e. The number of carbonyl (C=O) groups excluding carboxylic acids is 1. The molecule has 362 valence electrons. The van der Waals surface area contributed by atoms with Gasteiger partial charge in [-0.15, -0.1) is 11.8 Å². The van der Waals surface area contributed by atoms with Gasteiger partial charge in [-0.3, -0.25) is 4.79 Å². The van der Waals surface area contributed by atoms with Crippen molar-refractivity contribution in [2.24, 2.45) is 0 Å². The molecule has 0 saturated heterocycles. The van der Waals surface area contributed by atoms with Gasteiger partial charge in [-0.1, -0.05) is 276 Å². The van der Waals surface area contributed by atoms with Gasteiger partial charge in [0, 0.05) is 18.6 Å². The van der Waals surface area contributed by atoms with E-state index in [9.17, 15) is 4.79 Å². The number of ether oxygens (including phenoxy) is 2. The Bertz CT molecular complexity index is 1270. The zero-order valence-corrected chi connectivity index (χ0v) is 42.8. The van der Waals surface area contributed by atoms with Crippen molar-refractivity contribution in [2.75, 3.05) is 19.0 Å². The number of hydrogen-bond acceptors (Lipinski definition) is 4. The Hall–Kier alpha value is -1.78. The molecule has 0 aromatic heterocycles. The van der Waals surface area contributed by atoms with E-state index in [0.29, 0.717) is 12.2 Å². The van der Waals surface area contributed by atoms with Crippen LogP contribution in [0.4, 0.5) is 0 Å². The van der Waals surface area contributed by atoms with Gasteiger partial charge < -0.3 is 9.47 Å². The first-order valence-electron chi connectivity index (χ1n) is 27.7. The Balaban J connectivity index is 1.53. The fraction of sp³-hybridized carbons (Fsp3) is 0.780. The van der Waals surface area contributed by atoms with Gasteiger partial charge in [0.2, 0.25) is 0 Å². The zero-order valence-electron chi connectivity index (χ0n) is 42.0. The van der Waals surface area contributed by atoms with Crippen LogP contribution in [0, 0.1) is 0 Å². The van der Waals surface area contributed by atoms with Gasteiger partial charge in [0.15, 0.2) is 5.78 Å². The molecule has 3 nitrogen and oxygen atoms in total. The molecule has 1 aliphatic carbocycles. The lowest BCUT2D eigenvalue weighted by Gasteiger charge is -2.32. The lowest BCUT2D eigenvalue weighted by atomic mass is 10.0. The monoisotopic (exact) mass is 891 g/mol. The molecule has 0 amide bonds. The summed E-state index contributed by atoms with van der Waals surface area (Å²) in [6, 6.07) is 7.70. The second-order valence-corrected chi connectivity index (χ2v) is 20.6. The average molecular weight is 892 g/mol. The predicted molar refractivity (Wildman–Crippen MR) is 281 cm³/mol. The fourth-order valence-electron chi connectivity index (χ4n) is 8.84. The highest BCUT2D eigenvalue weighted by molar-refractivity contribution is 8.00. The van der Waals surface area contributed by atoms with Crippen LogP contribution in [0.1, 0.15) is 282 Å². The summed E-state index contributed by atoms with van der Waals surface area (Å²) in [5.74, 6) is 1.91. The molecule has 1 aromatic rings. The third kappa shape index (κ3) is 33.4. The number of hydrogen-bond donors (Lipinski definition) is 0. The summed E-state index contributed by atoms with van der Waals surface area (Å²) < 4.78 is 12.7. The number of thioether (sulfide) groups is 1. The molecular formula is C59H102O3S. The second-order valence-electron chi connectivity index (χ2n) is 19.2. The molecule has 4 heteroatoms. The highest BCUT2D eigenvalue weighted by Crippen LogP contribution is 2.37. The van der Waals surface area contributed by atoms with Crippen LogP contribution < -0.4 is 4.74 Å². The van der Waals surface area contributed by atoms with E-state index in [0.717, 1.165) is 42.9 Å². The first-order valence-corrected chi connectivity index (χ1v) is 28.7. The van der Waals surface area contributed by atoms with Crippen molar-refractivity contribution in [3.63, 3.8) is 0 Å². The minimum absolute atomic E-state index is 0.0161. The molecule has 0 bridgehead atoms. The predicted octanol–water partition coefficient (Wildman–Crippen LogP) is 20.0. The van der Waals surface area contributed by atoms with E-state index in [2.05, 4.69) is 39.0 Å². The van der Waals surface area contributed by atoms with Crippen molar-refractivity contribution in [1.82, 2.24) is 0 Å². The van der Waals surface area contributed by atoms with Crippen LogP contribution in [0.15, 0.2) is 60.2 Å². The van der Waals surface area contributed by atoms with Crippen molar-refractivity contribution in [3.8, 4) is 5.75 Å². The Morgan fingerprint density at radius 2 is 0.952 bits per heavy atom. The summed E-state index contributed by atoms with van der Waals surface area (Å²) in [4.78, 5) is 12.9. The minimum Gasteiger partial charge on any atom is -0.494 e. The second kappa shape index (κ2) is 42.8. The van der Waals surface area contributed by atoms with E-state index in [-0.39, 0.29) is 10.7 Å². The van der Waals surface area contributed by atoms with Gasteiger partial charge in [-0.2, -0.15) is 0 Å². The van der Waals surface area contributed by atoms with Crippen molar-refractivity contribution >= 4 is 17.5 Å².